The van der Waals surface area contributed by atoms with Crippen LogP contribution in [-0.2, 0) is 0 Å². The molecule has 3 heteroatoms. The van der Waals surface area contributed by atoms with Crippen LogP contribution in [0.2, 0.25) is 0 Å². The molecule has 188 valence electrons. The second-order valence-corrected chi connectivity index (χ2v) is 13.5. The van der Waals surface area contributed by atoms with E-state index in [2.05, 4.69) is 140 Å². The van der Waals surface area contributed by atoms with Gasteiger partial charge in [0.05, 0.1) is 11.0 Å². The van der Waals surface area contributed by atoms with Crippen LogP contribution >= 0.6 is 22.7 Å². The Morgan fingerprint density at radius 1 is 0.564 bits per heavy atom. The van der Waals surface area contributed by atoms with Crippen LogP contribution in [0.4, 0.5) is 0 Å². The Morgan fingerprint density at radius 3 is 2.15 bits per heavy atom. The minimum Gasteiger partial charge on any atom is -0.309 e. The lowest BCUT2D eigenvalue weighted by Gasteiger charge is -2.34. The van der Waals surface area contributed by atoms with Crippen molar-refractivity contribution in [2.24, 2.45) is 0 Å². The van der Waals surface area contributed by atoms with E-state index >= 15 is 0 Å². The third-order valence-corrected chi connectivity index (χ3v) is 12.3. The molecule has 1 atom stereocenters. The van der Waals surface area contributed by atoms with Gasteiger partial charge in [0.25, 0.3) is 0 Å². The van der Waals surface area contributed by atoms with Gasteiger partial charge in [-0.3, -0.25) is 0 Å². The Labute approximate surface area is 235 Å². The van der Waals surface area contributed by atoms with E-state index in [4.69, 9.17) is 0 Å². The molecule has 2 heterocycles. The number of benzene rings is 6. The van der Waals surface area contributed by atoms with Gasteiger partial charge in [0.2, 0.25) is 0 Å². The first-order chi connectivity index (χ1) is 19.2. The third-order valence-electron chi connectivity index (χ3n) is 7.99. The van der Waals surface area contributed by atoms with E-state index < -0.39 is 10.9 Å². The summed E-state index contributed by atoms with van der Waals surface area (Å²) in [6, 6.07) is 45.1. The number of hydrogen-bond acceptors (Lipinski definition) is 1. The largest absolute Gasteiger partial charge is 0.309 e. The minimum absolute atomic E-state index is 0.638. The molecule has 1 nitrogen and oxygen atoms in total. The van der Waals surface area contributed by atoms with Gasteiger partial charge in [-0.05, 0) is 66.8 Å². The number of aryl methyl sites for hydroxylation is 2. The van der Waals surface area contributed by atoms with Crippen LogP contribution in [0.1, 0.15) is 11.1 Å². The Bertz CT molecular complexity index is 2060. The first kappa shape index (κ1) is 23.0. The fourth-order valence-electron chi connectivity index (χ4n) is 6.28. The molecule has 6 aromatic carbocycles. The quantitative estimate of drug-likeness (QED) is 0.215. The van der Waals surface area contributed by atoms with Crippen molar-refractivity contribution < 1.29 is 0 Å². The molecule has 7 aromatic rings. The predicted octanol–water partition coefficient (Wildman–Crippen LogP) is 10.5. The van der Waals surface area contributed by atoms with Gasteiger partial charge in [-0.25, -0.2) is 0 Å². The van der Waals surface area contributed by atoms with Crippen molar-refractivity contribution in [1.82, 2.24) is 4.57 Å². The summed E-state index contributed by atoms with van der Waals surface area (Å²) in [7, 11) is -0.638. The molecule has 1 aliphatic rings. The van der Waals surface area contributed by atoms with E-state index in [0.717, 1.165) is 0 Å². The van der Waals surface area contributed by atoms with Crippen molar-refractivity contribution in [2.75, 3.05) is 0 Å². The van der Waals surface area contributed by atoms with E-state index in [1.54, 1.807) is 0 Å². The Hall–Kier alpha value is -3.92. The van der Waals surface area contributed by atoms with Gasteiger partial charge < -0.3 is 4.57 Å². The van der Waals surface area contributed by atoms with Gasteiger partial charge in [-0.2, -0.15) is 10.9 Å². The maximum atomic E-state index is 2.48. The molecule has 0 saturated carbocycles. The van der Waals surface area contributed by atoms with E-state index in [1.807, 2.05) is 11.8 Å². The van der Waals surface area contributed by atoms with Crippen LogP contribution in [0.25, 0.3) is 38.3 Å². The van der Waals surface area contributed by atoms with Crippen molar-refractivity contribution in [2.45, 2.75) is 38.3 Å². The highest BCUT2D eigenvalue weighted by Crippen LogP contribution is 2.63. The molecule has 1 aliphatic heterocycles. The first-order valence-corrected chi connectivity index (χ1v) is 15.5. The number of hydrogen-bond donors (Lipinski definition) is 1. The molecule has 0 bridgehead atoms. The van der Waals surface area contributed by atoms with Crippen LogP contribution in [0.3, 0.4) is 0 Å². The van der Waals surface area contributed by atoms with Crippen molar-refractivity contribution in [3.05, 3.63) is 132 Å². The Kier molecular flexibility index (Phi) is 5.19. The highest BCUT2D eigenvalue weighted by atomic mass is 32.2. The van der Waals surface area contributed by atoms with Crippen molar-refractivity contribution in [3.8, 4) is 5.69 Å². The lowest BCUT2D eigenvalue weighted by Crippen LogP contribution is -2.02. The highest BCUT2D eigenvalue weighted by molar-refractivity contribution is 8.18. The summed E-state index contributed by atoms with van der Waals surface area (Å²) in [5.41, 5.74) is 6.52. The fraction of sp³-hybridized carbons (Fsp3) is 0.0556. The fourth-order valence-corrected chi connectivity index (χ4v) is 10.6. The summed E-state index contributed by atoms with van der Waals surface area (Å²) in [4.78, 5) is 7.17. The second kappa shape index (κ2) is 8.81. The first-order valence-electron chi connectivity index (χ1n) is 13.4. The van der Waals surface area contributed by atoms with Gasteiger partial charge in [-0.15, -0.1) is 0 Å². The Balaban J connectivity index is 1.42. The summed E-state index contributed by atoms with van der Waals surface area (Å²) >= 11 is 1.92. The maximum Gasteiger partial charge on any atom is 0.0619 e. The van der Waals surface area contributed by atoms with E-state index in [9.17, 15) is 0 Å². The van der Waals surface area contributed by atoms with E-state index in [1.165, 1.54) is 73.9 Å². The normalized spacial score (nSPS) is 15.5. The molecule has 0 fully saturated rings. The van der Waals surface area contributed by atoms with E-state index in [-0.39, 0.29) is 0 Å². The van der Waals surface area contributed by atoms with Gasteiger partial charge in [0, 0.05) is 46.3 Å². The van der Waals surface area contributed by atoms with Crippen molar-refractivity contribution >= 4 is 55.2 Å². The summed E-state index contributed by atoms with van der Waals surface area (Å²) in [6.45, 7) is 4.54. The standard InChI is InChI=1S/C36H27NS2/c1-23-10-9-11-24(2)36(23)39-33-17-8-7-16-31(33)38-32-22-26(19-21-34(32)39)37-30-15-6-5-14-28(30)29-20-18-25-12-3-4-13-27(25)35(29)37/h3-22,39H,1-2H3. The van der Waals surface area contributed by atoms with E-state index in [0.29, 0.717) is 0 Å². The molecule has 1 unspecified atom stereocenters. The zero-order valence-corrected chi connectivity index (χ0v) is 23.6. The molecule has 39 heavy (non-hydrogen) atoms. The van der Waals surface area contributed by atoms with Crippen molar-refractivity contribution in [1.29, 1.82) is 0 Å². The van der Waals surface area contributed by atoms with Crippen LogP contribution in [0.5, 0.6) is 0 Å². The smallest absolute Gasteiger partial charge is 0.0619 e. The second-order valence-electron chi connectivity index (χ2n) is 10.3. The molecule has 0 radical (unpaired) electrons. The average Bonchev–Trinajstić information content (AvgIpc) is 3.31. The number of thiol groups is 1. The van der Waals surface area contributed by atoms with Crippen LogP contribution in [0, 0.1) is 13.8 Å². The monoisotopic (exact) mass is 537 g/mol. The lowest BCUT2D eigenvalue weighted by atomic mass is 10.1. The Morgan fingerprint density at radius 2 is 1.28 bits per heavy atom. The molecule has 0 aliphatic carbocycles. The van der Waals surface area contributed by atoms with Gasteiger partial charge >= 0.3 is 0 Å². The summed E-state index contributed by atoms with van der Waals surface area (Å²) < 4.78 is 2.48. The molecular weight excluding hydrogens is 511 g/mol. The summed E-state index contributed by atoms with van der Waals surface area (Å²) in [5, 5.41) is 5.16. The number of para-hydroxylation sites is 1. The maximum absolute atomic E-state index is 2.48. The molecule has 0 spiro atoms. The molecular formula is C36H27NS2. The summed E-state index contributed by atoms with van der Waals surface area (Å²) in [5.74, 6) is 0. The van der Waals surface area contributed by atoms with Gasteiger partial charge in [-0.1, -0.05) is 96.7 Å². The van der Waals surface area contributed by atoms with Crippen LogP contribution in [-0.4, -0.2) is 4.57 Å². The van der Waals surface area contributed by atoms with Crippen molar-refractivity contribution in [3.63, 3.8) is 0 Å². The van der Waals surface area contributed by atoms with Gasteiger partial charge in [0.15, 0.2) is 0 Å². The molecule has 0 N–H and O–H groups in total. The SMILES string of the molecule is Cc1cccc(C)c1[SH]1c2ccccc2Sc2cc(-n3c4ccccc4c4ccc5ccccc5c43)ccc21. The zero-order valence-electron chi connectivity index (χ0n) is 21.8. The minimum atomic E-state index is -0.638. The van der Waals surface area contributed by atoms with Crippen LogP contribution < -0.4 is 0 Å². The molecule has 1 aromatic heterocycles. The average molecular weight is 538 g/mol. The zero-order chi connectivity index (χ0) is 26.1. The highest BCUT2D eigenvalue weighted by Gasteiger charge is 2.27. The molecule has 8 rings (SSSR count). The number of rotatable bonds is 2. The van der Waals surface area contributed by atoms with Crippen LogP contribution in [0.15, 0.2) is 146 Å². The number of aromatic nitrogens is 1. The number of nitrogens with zero attached hydrogens (tertiary/aromatic N) is 1. The molecule has 0 saturated heterocycles. The lowest BCUT2D eigenvalue weighted by molar-refractivity contribution is 1.08. The number of fused-ring (bicyclic) bond motifs is 7. The topological polar surface area (TPSA) is 4.93 Å². The molecule has 0 amide bonds. The third kappa shape index (κ3) is 3.43. The van der Waals surface area contributed by atoms with Gasteiger partial charge in [0.1, 0.15) is 0 Å². The summed E-state index contributed by atoms with van der Waals surface area (Å²) in [6.07, 6.45) is 0. The predicted molar refractivity (Wildman–Crippen MR) is 169 cm³/mol.